The fraction of sp³-hybridized carbons (Fsp3) is 0.571. The summed E-state index contributed by atoms with van der Waals surface area (Å²) in [6, 6.07) is 7.27. The second kappa shape index (κ2) is 10.1. The molecule has 0 unspecified atom stereocenters. The number of hydrogen-bond acceptors (Lipinski definition) is 4. The Morgan fingerprint density at radius 2 is 1.72 bits per heavy atom. The molecule has 0 aromatic heterocycles. The number of carbonyl (C=O) groups is 3. The number of nitrogens with zero attached hydrogens (tertiary/aromatic N) is 1. The van der Waals surface area contributed by atoms with Gasteiger partial charge in [0.15, 0.2) is 0 Å². The monoisotopic (exact) mass is 402 g/mol. The molecule has 29 heavy (non-hydrogen) atoms. The molecule has 0 bridgehead atoms. The zero-order chi connectivity index (χ0) is 20.6. The summed E-state index contributed by atoms with van der Waals surface area (Å²) in [4.78, 5) is 38.2. The molecule has 158 valence electrons. The highest BCUT2D eigenvalue weighted by Gasteiger charge is 2.25. The molecule has 1 heterocycles. The maximum atomic E-state index is 12.5. The highest BCUT2D eigenvalue weighted by molar-refractivity contribution is 6.35. The van der Waals surface area contributed by atoms with Gasteiger partial charge in [0.05, 0.1) is 12.8 Å². The van der Waals surface area contributed by atoms with E-state index in [0.29, 0.717) is 31.1 Å². The van der Waals surface area contributed by atoms with Gasteiger partial charge in [-0.3, -0.25) is 9.59 Å². The second-order valence-electron chi connectivity index (χ2n) is 7.73. The number of hydrogen-bond donors (Lipinski definition) is 3. The number of anilines is 1. The van der Waals surface area contributed by atoms with Crippen LogP contribution in [-0.2, 0) is 9.59 Å². The van der Waals surface area contributed by atoms with E-state index in [9.17, 15) is 14.4 Å². The van der Waals surface area contributed by atoms with Crippen LogP contribution in [0.25, 0.3) is 0 Å². The molecule has 4 amide bonds. The standard InChI is InChI=1S/C21H30N4O4/c1-29-18-9-5-4-8-17(18)24-21(28)25-12-10-15(11-13-25)14-22-19(26)20(27)23-16-6-2-3-7-16/h4-5,8-9,15-16H,2-3,6-7,10-14H2,1H3,(H,22,26)(H,23,27)(H,24,28). The van der Waals surface area contributed by atoms with Gasteiger partial charge in [0, 0.05) is 25.7 Å². The molecule has 0 spiro atoms. The van der Waals surface area contributed by atoms with Crippen molar-refractivity contribution in [1.82, 2.24) is 15.5 Å². The molecule has 2 aliphatic rings. The van der Waals surface area contributed by atoms with Crippen molar-refractivity contribution < 1.29 is 19.1 Å². The van der Waals surface area contributed by atoms with E-state index in [2.05, 4.69) is 16.0 Å². The Bertz CT molecular complexity index is 725. The minimum absolute atomic E-state index is 0.137. The number of piperidine rings is 1. The van der Waals surface area contributed by atoms with Crippen molar-refractivity contribution in [2.45, 2.75) is 44.6 Å². The third-order valence-corrected chi connectivity index (χ3v) is 5.70. The van der Waals surface area contributed by atoms with Crippen LogP contribution in [0.3, 0.4) is 0 Å². The summed E-state index contributed by atoms with van der Waals surface area (Å²) >= 11 is 0. The third kappa shape index (κ3) is 5.85. The Balaban J connectivity index is 1.38. The number of rotatable bonds is 5. The Morgan fingerprint density at radius 3 is 2.41 bits per heavy atom. The van der Waals surface area contributed by atoms with Gasteiger partial charge in [-0.25, -0.2) is 4.79 Å². The number of ether oxygens (including phenoxy) is 1. The first-order valence-corrected chi connectivity index (χ1v) is 10.3. The highest BCUT2D eigenvalue weighted by Crippen LogP contribution is 2.24. The topological polar surface area (TPSA) is 99.8 Å². The van der Waals surface area contributed by atoms with Crippen molar-refractivity contribution in [2.24, 2.45) is 5.92 Å². The van der Waals surface area contributed by atoms with E-state index in [1.54, 1.807) is 24.1 Å². The molecule has 8 heteroatoms. The molecular formula is C21H30N4O4. The lowest BCUT2D eigenvalue weighted by Gasteiger charge is -2.32. The fourth-order valence-corrected chi connectivity index (χ4v) is 3.92. The lowest BCUT2D eigenvalue weighted by Crippen LogP contribution is -2.47. The van der Waals surface area contributed by atoms with Crippen LogP contribution in [0.4, 0.5) is 10.5 Å². The summed E-state index contributed by atoms with van der Waals surface area (Å²) in [5, 5.41) is 8.42. The van der Waals surface area contributed by atoms with Gasteiger partial charge in [0.1, 0.15) is 5.75 Å². The molecule has 0 atom stereocenters. The molecule has 2 fully saturated rings. The summed E-state index contributed by atoms with van der Waals surface area (Å²) in [5.41, 5.74) is 0.641. The lowest BCUT2D eigenvalue weighted by molar-refractivity contribution is -0.139. The molecular weight excluding hydrogens is 372 g/mol. The predicted octanol–water partition coefficient (Wildman–Crippen LogP) is 2.11. The maximum Gasteiger partial charge on any atom is 0.321 e. The van der Waals surface area contributed by atoms with Gasteiger partial charge in [0.25, 0.3) is 0 Å². The van der Waals surface area contributed by atoms with Crippen LogP contribution in [0.15, 0.2) is 24.3 Å². The third-order valence-electron chi connectivity index (χ3n) is 5.70. The average molecular weight is 402 g/mol. The van der Waals surface area contributed by atoms with Gasteiger partial charge in [-0.2, -0.15) is 0 Å². The van der Waals surface area contributed by atoms with E-state index in [-0.39, 0.29) is 18.0 Å². The number of urea groups is 1. The van der Waals surface area contributed by atoms with Crippen LogP contribution in [0, 0.1) is 5.92 Å². The summed E-state index contributed by atoms with van der Waals surface area (Å²) in [6.07, 6.45) is 5.68. The Labute approximate surface area is 171 Å². The molecule has 1 saturated carbocycles. The molecule has 1 aromatic rings. The number of likely N-dealkylation sites (tertiary alicyclic amines) is 1. The fourth-order valence-electron chi connectivity index (χ4n) is 3.92. The predicted molar refractivity (Wildman–Crippen MR) is 110 cm³/mol. The van der Waals surface area contributed by atoms with E-state index in [1.807, 2.05) is 12.1 Å². The molecule has 8 nitrogen and oxygen atoms in total. The SMILES string of the molecule is COc1ccccc1NC(=O)N1CCC(CNC(=O)C(=O)NC2CCCC2)CC1. The molecule has 1 aliphatic heterocycles. The molecule has 1 aliphatic carbocycles. The van der Waals surface area contributed by atoms with Gasteiger partial charge in [-0.1, -0.05) is 25.0 Å². The Morgan fingerprint density at radius 1 is 1.03 bits per heavy atom. The molecule has 3 rings (SSSR count). The smallest absolute Gasteiger partial charge is 0.321 e. The zero-order valence-electron chi connectivity index (χ0n) is 16.9. The summed E-state index contributed by atoms with van der Waals surface area (Å²) < 4.78 is 5.26. The number of carbonyl (C=O) groups excluding carboxylic acids is 3. The van der Waals surface area contributed by atoms with Crippen LogP contribution in [0.2, 0.25) is 0 Å². The van der Waals surface area contributed by atoms with Crippen LogP contribution in [0.1, 0.15) is 38.5 Å². The average Bonchev–Trinajstić information content (AvgIpc) is 3.25. The van der Waals surface area contributed by atoms with Crippen molar-refractivity contribution in [3.63, 3.8) is 0 Å². The van der Waals surface area contributed by atoms with Crippen LogP contribution in [-0.4, -0.2) is 55.5 Å². The van der Waals surface area contributed by atoms with Crippen LogP contribution in [0.5, 0.6) is 5.75 Å². The normalized spacial score (nSPS) is 17.6. The number of para-hydroxylation sites is 2. The number of amides is 4. The first kappa shape index (κ1) is 21.0. The maximum absolute atomic E-state index is 12.5. The minimum atomic E-state index is -0.562. The van der Waals surface area contributed by atoms with Crippen molar-refractivity contribution >= 4 is 23.5 Å². The van der Waals surface area contributed by atoms with E-state index in [1.165, 1.54) is 0 Å². The Kier molecular flexibility index (Phi) is 7.32. The minimum Gasteiger partial charge on any atom is -0.495 e. The van der Waals surface area contributed by atoms with Gasteiger partial charge in [0.2, 0.25) is 0 Å². The second-order valence-corrected chi connectivity index (χ2v) is 7.73. The largest absolute Gasteiger partial charge is 0.495 e. The van der Waals surface area contributed by atoms with Gasteiger partial charge in [-0.15, -0.1) is 0 Å². The number of benzene rings is 1. The number of nitrogens with one attached hydrogen (secondary N) is 3. The highest BCUT2D eigenvalue weighted by atomic mass is 16.5. The van der Waals surface area contributed by atoms with E-state index in [4.69, 9.17) is 4.74 Å². The van der Waals surface area contributed by atoms with E-state index in [0.717, 1.165) is 38.5 Å². The molecule has 1 aromatic carbocycles. The Hall–Kier alpha value is -2.77. The van der Waals surface area contributed by atoms with Gasteiger partial charge >= 0.3 is 17.8 Å². The number of methoxy groups -OCH3 is 1. The first-order valence-electron chi connectivity index (χ1n) is 10.3. The van der Waals surface area contributed by atoms with Crippen LogP contribution >= 0.6 is 0 Å². The molecule has 3 N–H and O–H groups in total. The van der Waals surface area contributed by atoms with E-state index >= 15 is 0 Å². The summed E-state index contributed by atoms with van der Waals surface area (Å²) in [5.74, 6) is -0.221. The van der Waals surface area contributed by atoms with E-state index < -0.39 is 11.8 Å². The van der Waals surface area contributed by atoms with Crippen molar-refractivity contribution in [3.8, 4) is 5.75 Å². The van der Waals surface area contributed by atoms with Crippen LogP contribution < -0.4 is 20.7 Å². The first-order chi connectivity index (χ1) is 14.1. The van der Waals surface area contributed by atoms with Gasteiger partial charge in [-0.05, 0) is 43.7 Å². The van der Waals surface area contributed by atoms with Crippen molar-refractivity contribution in [1.29, 1.82) is 0 Å². The zero-order valence-corrected chi connectivity index (χ0v) is 16.9. The quantitative estimate of drug-likeness (QED) is 0.657. The van der Waals surface area contributed by atoms with Gasteiger partial charge < -0.3 is 25.6 Å². The summed E-state index contributed by atoms with van der Waals surface area (Å²) in [7, 11) is 1.57. The van der Waals surface area contributed by atoms with Crippen molar-refractivity contribution in [3.05, 3.63) is 24.3 Å². The summed E-state index contributed by atoms with van der Waals surface area (Å²) in [6.45, 7) is 1.67. The molecule has 0 radical (unpaired) electrons. The van der Waals surface area contributed by atoms with Crippen molar-refractivity contribution in [2.75, 3.05) is 32.1 Å². The molecule has 1 saturated heterocycles. The lowest BCUT2D eigenvalue weighted by atomic mass is 9.97.